The zero-order chi connectivity index (χ0) is 20.8. The van der Waals surface area contributed by atoms with Crippen LogP contribution in [0.3, 0.4) is 0 Å². The quantitative estimate of drug-likeness (QED) is 0.320. The molecule has 0 saturated carbocycles. The van der Waals surface area contributed by atoms with Crippen molar-refractivity contribution in [2.45, 2.75) is 39.0 Å². The summed E-state index contributed by atoms with van der Waals surface area (Å²) in [4.78, 5) is 10.4. The number of anilines is 1. The van der Waals surface area contributed by atoms with E-state index in [1.807, 2.05) is 18.7 Å². The van der Waals surface area contributed by atoms with Gasteiger partial charge in [0.25, 0.3) is 0 Å². The molecule has 1 saturated heterocycles. The highest BCUT2D eigenvalue weighted by Crippen LogP contribution is 2.24. The second-order valence-corrected chi connectivity index (χ2v) is 6.74. The van der Waals surface area contributed by atoms with Crippen LogP contribution in [-0.4, -0.2) is 48.9 Å². The maximum Gasteiger partial charge on any atom is 0.246 e. The molecule has 2 aromatic rings. The Labute approximate surface area is 191 Å². The van der Waals surface area contributed by atoms with E-state index in [0.29, 0.717) is 49.6 Å². The lowest BCUT2D eigenvalue weighted by Gasteiger charge is -2.20. The number of benzene rings is 1. The van der Waals surface area contributed by atoms with Crippen LogP contribution in [0.15, 0.2) is 27.7 Å². The molecule has 0 radical (unpaired) electrons. The molecule has 1 fully saturated rings. The Hall–Kier alpha value is -2.02. The standard InChI is InChI=1S/C19H26F2N6O2.HI/c1-4-28-12(2)18-25-17(29-26-18)10-23-19(22-3)24-14-7-8-27(11-14)16-6-5-13(20)9-15(16)21;/h5-6,9,12,14H,4,7-8,10-11H2,1-3H3,(H2,22,23,24);1H. The van der Waals surface area contributed by atoms with Gasteiger partial charge in [-0.2, -0.15) is 4.98 Å². The third kappa shape index (κ3) is 6.24. The molecule has 0 aliphatic carbocycles. The van der Waals surface area contributed by atoms with Crippen LogP contribution in [0.1, 0.15) is 38.1 Å². The number of hydrogen-bond donors (Lipinski definition) is 2. The van der Waals surface area contributed by atoms with Gasteiger partial charge in [-0.05, 0) is 32.4 Å². The van der Waals surface area contributed by atoms with Crippen molar-refractivity contribution in [2.24, 2.45) is 4.99 Å². The smallest absolute Gasteiger partial charge is 0.246 e. The van der Waals surface area contributed by atoms with E-state index >= 15 is 0 Å². The molecule has 2 unspecified atom stereocenters. The first-order chi connectivity index (χ1) is 14.0. The van der Waals surface area contributed by atoms with E-state index in [1.165, 1.54) is 12.1 Å². The van der Waals surface area contributed by atoms with Crippen LogP contribution in [0.5, 0.6) is 0 Å². The number of aromatic nitrogens is 2. The van der Waals surface area contributed by atoms with Crippen molar-refractivity contribution in [3.8, 4) is 0 Å². The molecule has 2 heterocycles. The molecule has 0 amide bonds. The van der Waals surface area contributed by atoms with Crippen molar-refractivity contribution < 1.29 is 18.0 Å². The molecule has 8 nitrogen and oxygen atoms in total. The van der Waals surface area contributed by atoms with Crippen LogP contribution in [-0.2, 0) is 11.3 Å². The topological polar surface area (TPSA) is 87.8 Å². The highest BCUT2D eigenvalue weighted by atomic mass is 127. The fourth-order valence-corrected chi connectivity index (χ4v) is 3.21. The minimum absolute atomic E-state index is 0. The molecule has 2 atom stereocenters. The summed E-state index contributed by atoms with van der Waals surface area (Å²) >= 11 is 0. The van der Waals surface area contributed by atoms with E-state index in [9.17, 15) is 8.78 Å². The van der Waals surface area contributed by atoms with E-state index in [0.717, 1.165) is 12.5 Å². The number of nitrogens with one attached hydrogen (secondary N) is 2. The van der Waals surface area contributed by atoms with Gasteiger partial charge in [0.1, 0.15) is 17.7 Å². The third-order valence-corrected chi connectivity index (χ3v) is 4.67. The Morgan fingerprint density at radius 3 is 2.93 bits per heavy atom. The van der Waals surface area contributed by atoms with E-state index < -0.39 is 11.6 Å². The lowest BCUT2D eigenvalue weighted by molar-refractivity contribution is 0.0683. The van der Waals surface area contributed by atoms with Gasteiger partial charge in [-0.3, -0.25) is 4.99 Å². The van der Waals surface area contributed by atoms with E-state index in [-0.39, 0.29) is 36.1 Å². The predicted octanol–water partition coefficient (Wildman–Crippen LogP) is 3.01. The summed E-state index contributed by atoms with van der Waals surface area (Å²) in [5, 5.41) is 10.4. The normalized spacial score (nSPS) is 17.6. The van der Waals surface area contributed by atoms with Crippen LogP contribution >= 0.6 is 24.0 Å². The molecule has 3 rings (SSSR count). The summed E-state index contributed by atoms with van der Waals surface area (Å²) < 4.78 is 37.8. The van der Waals surface area contributed by atoms with Gasteiger partial charge in [-0.15, -0.1) is 24.0 Å². The number of nitrogens with zero attached hydrogens (tertiary/aromatic N) is 4. The Kier molecular flexibility index (Phi) is 9.21. The second kappa shape index (κ2) is 11.4. The van der Waals surface area contributed by atoms with Crippen LogP contribution in [0.25, 0.3) is 0 Å². The van der Waals surface area contributed by atoms with Crippen molar-refractivity contribution in [2.75, 3.05) is 31.6 Å². The number of guanidine groups is 1. The third-order valence-electron chi connectivity index (χ3n) is 4.67. The monoisotopic (exact) mass is 536 g/mol. The van der Waals surface area contributed by atoms with Gasteiger partial charge in [-0.1, -0.05) is 5.16 Å². The molecule has 1 aromatic carbocycles. The lowest BCUT2D eigenvalue weighted by atomic mass is 10.2. The Morgan fingerprint density at radius 2 is 2.23 bits per heavy atom. The lowest BCUT2D eigenvalue weighted by Crippen LogP contribution is -2.44. The van der Waals surface area contributed by atoms with Gasteiger partial charge >= 0.3 is 0 Å². The molecule has 166 valence electrons. The maximum absolute atomic E-state index is 14.0. The summed E-state index contributed by atoms with van der Waals surface area (Å²) in [5.74, 6) is 0.371. The first-order valence-corrected chi connectivity index (χ1v) is 9.61. The van der Waals surface area contributed by atoms with Gasteiger partial charge in [0.05, 0.1) is 12.2 Å². The van der Waals surface area contributed by atoms with Crippen molar-refractivity contribution in [1.29, 1.82) is 0 Å². The predicted molar refractivity (Wildman–Crippen MR) is 120 cm³/mol. The molecule has 1 aromatic heterocycles. The number of aliphatic imine (C=N–C) groups is 1. The average molecular weight is 536 g/mol. The van der Waals surface area contributed by atoms with E-state index in [4.69, 9.17) is 9.26 Å². The fraction of sp³-hybridized carbons (Fsp3) is 0.526. The largest absolute Gasteiger partial charge is 0.371 e. The summed E-state index contributed by atoms with van der Waals surface area (Å²) in [6.07, 6.45) is 0.569. The first kappa shape index (κ1) is 24.3. The molecular formula is C19H27F2IN6O2. The van der Waals surface area contributed by atoms with Gasteiger partial charge in [-0.25, -0.2) is 8.78 Å². The summed E-state index contributed by atoms with van der Waals surface area (Å²) in [5.41, 5.74) is 0.403. The molecule has 11 heteroatoms. The summed E-state index contributed by atoms with van der Waals surface area (Å²) in [6, 6.07) is 3.71. The summed E-state index contributed by atoms with van der Waals surface area (Å²) in [7, 11) is 1.66. The number of rotatable bonds is 7. The van der Waals surface area contributed by atoms with Gasteiger partial charge < -0.3 is 24.8 Å². The molecular weight excluding hydrogens is 509 g/mol. The zero-order valence-corrected chi connectivity index (χ0v) is 19.5. The Morgan fingerprint density at radius 1 is 1.43 bits per heavy atom. The summed E-state index contributed by atoms with van der Waals surface area (Å²) in [6.45, 7) is 5.90. The SMILES string of the molecule is CCOC(C)c1noc(CNC(=NC)NC2CCN(c3ccc(F)cc3F)C2)n1.I. The average Bonchev–Trinajstić information content (AvgIpc) is 3.35. The van der Waals surface area contributed by atoms with Crippen molar-refractivity contribution in [3.63, 3.8) is 0 Å². The van der Waals surface area contributed by atoms with E-state index in [1.54, 1.807) is 7.05 Å². The molecule has 1 aliphatic rings. The van der Waals surface area contributed by atoms with Gasteiger partial charge in [0.15, 0.2) is 11.8 Å². The highest BCUT2D eigenvalue weighted by molar-refractivity contribution is 14.0. The number of hydrogen-bond acceptors (Lipinski definition) is 6. The Bertz CT molecular complexity index is 850. The Balaban J connectivity index is 0.00000320. The molecule has 2 N–H and O–H groups in total. The zero-order valence-electron chi connectivity index (χ0n) is 17.2. The van der Waals surface area contributed by atoms with Crippen LogP contribution < -0.4 is 15.5 Å². The van der Waals surface area contributed by atoms with E-state index in [2.05, 4.69) is 25.8 Å². The maximum atomic E-state index is 14.0. The molecule has 30 heavy (non-hydrogen) atoms. The van der Waals surface area contributed by atoms with Crippen LogP contribution in [0, 0.1) is 11.6 Å². The van der Waals surface area contributed by atoms with Crippen molar-refractivity contribution >= 4 is 35.6 Å². The number of halogens is 3. The molecule has 1 aliphatic heterocycles. The minimum atomic E-state index is -0.579. The van der Waals surface area contributed by atoms with Crippen molar-refractivity contribution in [1.82, 2.24) is 20.8 Å². The highest BCUT2D eigenvalue weighted by Gasteiger charge is 2.25. The van der Waals surface area contributed by atoms with Gasteiger partial charge in [0, 0.05) is 38.9 Å². The minimum Gasteiger partial charge on any atom is -0.371 e. The number of ether oxygens (including phenoxy) is 1. The van der Waals surface area contributed by atoms with Gasteiger partial charge in [0.2, 0.25) is 5.89 Å². The molecule has 0 bridgehead atoms. The van der Waals surface area contributed by atoms with Crippen molar-refractivity contribution in [3.05, 3.63) is 41.5 Å². The first-order valence-electron chi connectivity index (χ1n) is 9.61. The molecule has 0 spiro atoms. The second-order valence-electron chi connectivity index (χ2n) is 6.74. The fourth-order valence-electron chi connectivity index (χ4n) is 3.21. The van der Waals surface area contributed by atoms with Crippen LogP contribution in [0.2, 0.25) is 0 Å². The van der Waals surface area contributed by atoms with Crippen LogP contribution in [0.4, 0.5) is 14.5 Å².